The first kappa shape index (κ1) is 23.3. The Morgan fingerprint density at radius 3 is 2.65 bits per heavy atom. The summed E-state index contributed by atoms with van der Waals surface area (Å²) in [7, 11) is 0. The number of aliphatic imine (C=N–C) groups is 1. The van der Waals surface area contributed by atoms with E-state index in [9.17, 15) is 4.39 Å². The maximum absolute atomic E-state index is 13.9. The molecule has 2 aromatic rings. The predicted octanol–water partition coefficient (Wildman–Crippen LogP) is 3.50. The minimum absolute atomic E-state index is 0.103. The van der Waals surface area contributed by atoms with Gasteiger partial charge in [0, 0.05) is 44.0 Å². The van der Waals surface area contributed by atoms with Crippen LogP contribution in [0.4, 0.5) is 4.39 Å². The second-order valence-electron chi connectivity index (χ2n) is 8.46. The number of aryl methyl sites for hydroxylation is 3. The number of hydrogen-bond donors (Lipinski definition) is 2. The first-order valence-electron chi connectivity index (χ1n) is 11.5. The van der Waals surface area contributed by atoms with E-state index in [1.165, 1.54) is 5.69 Å². The topological polar surface area (TPSA) is 57.5 Å². The third-order valence-corrected chi connectivity index (χ3v) is 5.85. The lowest BCUT2D eigenvalue weighted by atomic mass is 9.96. The molecule has 0 amide bonds. The van der Waals surface area contributed by atoms with E-state index in [0.29, 0.717) is 12.5 Å². The van der Waals surface area contributed by atoms with Crippen LogP contribution in [0, 0.1) is 25.6 Å². The Bertz CT molecular complexity index is 838. The number of hydrogen-bond acceptors (Lipinski definition) is 3. The van der Waals surface area contributed by atoms with Crippen molar-refractivity contribution >= 4 is 5.96 Å². The van der Waals surface area contributed by atoms with Gasteiger partial charge in [-0.05, 0) is 71.2 Å². The third kappa shape index (κ3) is 7.35. The van der Waals surface area contributed by atoms with E-state index in [1.807, 2.05) is 19.1 Å². The van der Waals surface area contributed by atoms with Gasteiger partial charge in [0.1, 0.15) is 5.82 Å². The number of guanidine groups is 1. The normalized spacial score (nSPS) is 15.9. The van der Waals surface area contributed by atoms with Crippen molar-refractivity contribution in [3.63, 3.8) is 0 Å². The molecule has 3 rings (SSSR count). The van der Waals surface area contributed by atoms with Crippen molar-refractivity contribution in [2.75, 3.05) is 32.7 Å². The molecule has 170 valence electrons. The first-order valence-corrected chi connectivity index (χ1v) is 11.5. The molecule has 31 heavy (non-hydrogen) atoms. The average molecular weight is 429 g/mol. The fourth-order valence-corrected chi connectivity index (χ4v) is 4.09. The summed E-state index contributed by atoms with van der Waals surface area (Å²) in [5.41, 5.74) is 3.07. The molecule has 2 N–H and O–H groups in total. The number of aromatic nitrogens is 2. The second kappa shape index (κ2) is 11.8. The second-order valence-corrected chi connectivity index (χ2v) is 8.46. The Kier molecular flexibility index (Phi) is 8.88. The van der Waals surface area contributed by atoms with E-state index >= 15 is 0 Å². The molecule has 0 unspecified atom stereocenters. The van der Waals surface area contributed by atoms with Crippen molar-refractivity contribution in [3.8, 4) is 0 Å². The van der Waals surface area contributed by atoms with Gasteiger partial charge in [0.15, 0.2) is 5.96 Å². The summed E-state index contributed by atoms with van der Waals surface area (Å²) in [5.74, 6) is 1.38. The maximum Gasteiger partial charge on any atom is 0.191 e. The van der Waals surface area contributed by atoms with Gasteiger partial charge < -0.3 is 10.6 Å². The summed E-state index contributed by atoms with van der Waals surface area (Å²) in [6.07, 6.45) is 3.21. The SMILES string of the molecule is CCNC(=NCC1CCN(Cc2ccccc2F)CC1)NCCCn1nc(C)cc1C. The predicted molar refractivity (Wildman–Crippen MR) is 125 cm³/mol. The van der Waals surface area contributed by atoms with Gasteiger partial charge in [-0.15, -0.1) is 0 Å². The van der Waals surface area contributed by atoms with Crippen LogP contribution in [0.15, 0.2) is 35.3 Å². The molecular weight excluding hydrogens is 391 g/mol. The molecule has 1 aliphatic rings. The van der Waals surface area contributed by atoms with Gasteiger partial charge in [-0.2, -0.15) is 5.10 Å². The number of halogens is 1. The molecule has 0 spiro atoms. The van der Waals surface area contributed by atoms with Crippen LogP contribution in [0.5, 0.6) is 0 Å². The van der Waals surface area contributed by atoms with Gasteiger partial charge in [0.05, 0.1) is 5.69 Å². The molecule has 0 aliphatic carbocycles. The molecule has 7 heteroatoms. The lowest BCUT2D eigenvalue weighted by Gasteiger charge is -2.31. The maximum atomic E-state index is 13.9. The summed E-state index contributed by atoms with van der Waals surface area (Å²) < 4.78 is 16.0. The lowest BCUT2D eigenvalue weighted by molar-refractivity contribution is 0.179. The van der Waals surface area contributed by atoms with Crippen LogP contribution >= 0.6 is 0 Å². The molecule has 0 saturated carbocycles. The Morgan fingerprint density at radius 2 is 1.97 bits per heavy atom. The van der Waals surface area contributed by atoms with E-state index in [-0.39, 0.29) is 5.82 Å². The molecule has 0 atom stereocenters. The van der Waals surface area contributed by atoms with E-state index in [4.69, 9.17) is 4.99 Å². The highest BCUT2D eigenvalue weighted by Crippen LogP contribution is 2.20. The number of nitrogens with one attached hydrogen (secondary N) is 2. The molecule has 6 nitrogen and oxygen atoms in total. The van der Waals surface area contributed by atoms with Crippen LogP contribution < -0.4 is 10.6 Å². The summed E-state index contributed by atoms with van der Waals surface area (Å²) in [6, 6.07) is 9.20. The van der Waals surface area contributed by atoms with Gasteiger partial charge in [0.2, 0.25) is 0 Å². The smallest absolute Gasteiger partial charge is 0.191 e. The van der Waals surface area contributed by atoms with Crippen molar-refractivity contribution in [2.45, 2.75) is 53.1 Å². The monoisotopic (exact) mass is 428 g/mol. The number of likely N-dealkylation sites (tertiary alicyclic amines) is 1. The largest absolute Gasteiger partial charge is 0.357 e. The Morgan fingerprint density at radius 1 is 1.19 bits per heavy atom. The van der Waals surface area contributed by atoms with Crippen LogP contribution in [-0.2, 0) is 13.1 Å². The molecule has 1 fully saturated rings. The van der Waals surface area contributed by atoms with Gasteiger partial charge in [-0.3, -0.25) is 14.6 Å². The van der Waals surface area contributed by atoms with Crippen molar-refractivity contribution in [1.82, 2.24) is 25.3 Å². The molecule has 1 aromatic heterocycles. The standard InChI is InChI=1S/C24H37FN6/c1-4-26-24(27-12-7-13-31-20(3)16-19(2)29-31)28-17-21-10-14-30(15-11-21)18-22-8-5-6-9-23(22)25/h5-6,8-9,16,21H,4,7,10-15,17-18H2,1-3H3,(H2,26,27,28). The quantitative estimate of drug-likeness (QED) is 0.365. The number of nitrogens with zero attached hydrogens (tertiary/aromatic N) is 4. The van der Waals surface area contributed by atoms with Crippen molar-refractivity contribution in [2.24, 2.45) is 10.9 Å². The minimum Gasteiger partial charge on any atom is -0.357 e. The minimum atomic E-state index is -0.103. The molecule has 1 aliphatic heterocycles. The molecule has 0 radical (unpaired) electrons. The first-order chi connectivity index (χ1) is 15.0. The van der Waals surface area contributed by atoms with E-state index in [0.717, 1.165) is 75.7 Å². The molecule has 2 heterocycles. The van der Waals surface area contributed by atoms with Gasteiger partial charge >= 0.3 is 0 Å². The summed E-state index contributed by atoms with van der Waals surface area (Å²) in [5, 5.41) is 11.3. The Balaban J connectivity index is 1.39. The van der Waals surface area contributed by atoms with Crippen LogP contribution in [0.1, 0.15) is 43.1 Å². The zero-order chi connectivity index (χ0) is 22.1. The summed E-state index contributed by atoms with van der Waals surface area (Å²) in [4.78, 5) is 7.17. The highest BCUT2D eigenvalue weighted by atomic mass is 19.1. The van der Waals surface area contributed by atoms with Crippen LogP contribution in [-0.4, -0.2) is 53.4 Å². The van der Waals surface area contributed by atoms with E-state index < -0.39 is 0 Å². The fourth-order valence-electron chi connectivity index (χ4n) is 4.09. The van der Waals surface area contributed by atoms with Crippen LogP contribution in [0.3, 0.4) is 0 Å². The van der Waals surface area contributed by atoms with Gasteiger partial charge in [-0.25, -0.2) is 4.39 Å². The van der Waals surface area contributed by atoms with Crippen molar-refractivity contribution in [3.05, 3.63) is 53.1 Å². The lowest BCUT2D eigenvalue weighted by Crippen LogP contribution is -2.39. The molecule has 1 saturated heterocycles. The van der Waals surface area contributed by atoms with Gasteiger partial charge in [-0.1, -0.05) is 18.2 Å². The Labute approximate surface area is 185 Å². The van der Waals surface area contributed by atoms with E-state index in [1.54, 1.807) is 12.1 Å². The highest BCUT2D eigenvalue weighted by molar-refractivity contribution is 5.79. The van der Waals surface area contributed by atoms with E-state index in [2.05, 4.69) is 45.2 Å². The molecule has 1 aromatic carbocycles. The Hall–Kier alpha value is -2.41. The highest BCUT2D eigenvalue weighted by Gasteiger charge is 2.20. The van der Waals surface area contributed by atoms with Crippen molar-refractivity contribution < 1.29 is 4.39 Å². The summed E-state index contributed by atoms with van der Waals surface area (Å²) in [6.45, 7) is 12.4. The molecular formula is C24H37FN6. The van der Waals surface area contributed by atoms with Crippen LogP contribution in [0.2, 0.25) is 0 Å². The third-order valence-electron chi connectivity index (χ3n) is 5.85. The molecule has 0 bridgehead atoms. The van der Waals surface area contributed by atoms with Crippen molar-refractivity contribution in [1.29, 1.82) is 0 Å². The summed E-state index contributed by atoms with van der Waals surface area (Å²) >= 11 is 0. The number of rotatable bonds is 9. The fraction of sp³-hybridized carbons (Fsp3) is 0.583. The zero-order valence-corrected chi connectivity index (χ0v) is 19.2. The van der Waals surface area contributed by atoms with Gasteiger partial charge in [0.25, 0.3) is 0 Å². The number of piperidine rings is 1. The van der Waals surface area contributed by atoms with Crippen LogP contribution in [0.25, 0.3) is 0 Å². The average Bonchev–Trinajstić information content (AvgIpc) is 3.09. The zero-order valence-electron chi connectivity index (χ0n) is 19.2. The number of benzene rings is 1.